The standard InChI is InChI=1S/C29H25N9O9S/c1-34-14-8-9-18(17-34)35-29(31-32-33-35)48-25-22(15-19(37(43)44)16-23(25)38(45)46)26(40)30-13-7-3-2-4-12-24(39)47-36-27(41)20-10-5-6-11-21(20)28(36)42/h5-6,8-11,14-17H,2-4,7,12-13H2,1H3/p+1. The van der Waals surface area contributed by atoms with Crippen molar-refractivity contribution in [2.24, 2.45) is 7.05 Å². The molecule has 0 aliphatic carbocycles. The fourth-order valence-electron chi connectivity index (χ4n) is 4.75. The van der Waals surface area contributed by atoms with Crippen LogP contribution in [0, 0.1) is 20.2 Å². The second-order valence-electron chi connectivity index (χ2n) is 10.4. The van der Waals surface area contributed by atoms with Crippen molar-refractivity contribution < 1.29 is 38.4 Å². The van der Waals surface area contributed by atoms with Crippen LogP contribution in [-0.4, -0.2) is 65.4 Å². The lowest BCUT2D eigenvalue weighted by Gasteiger charge is -2.12. The lowest BCUT2D eigenvalue weighted by Crippen LogP contribution is -2.32. The van der Waals surface area contributed by atoms with Gasteiger partial charge in [0.05, 0.1) is 32.6 Å². The minimum Gasteiger partial charge on any atom is -0.352 e. The minimum absolute atomic E-state index is 0.0571. The van der Waals surface area contributed by atoms with E-state index in [0.29, 0.717) is 48.2 Å². The summed E-state index contributed by atoms with van der Waals surface area (Å²) in [6, 6.07) is 11.3. The van der Waals surface area contributed by atoms with Gasteiger partial charge < -0.3 is 10.2 Å². The number of tetrazole rings is 1. The molecule has 0 bridgehead atoms. The van der Waals surface area contributed by atoms with E-state index < -0.39 is 44.9 Å². The summed E-state index contributed by atoms with van der Waals surface area (Å²) in [6.45, 7) is 0.122. The Labute approximate surface area is 274 Å². The maximum absolute atomic E-state index is 13.3. The number of pyridine rings is 1. The van der Waals surface area contributed by atoms with Crippen LogP contribution in [0.3, 0.4) is 0 Å². The zero-order valence-electron chi connectivity index (χ0n) is 25.2. The maximum Gasteiger partial charge on any atom is 0.333 e. The number of non-ortho nitro benzene ring substituents is 1. The predicted molar refractivity (Wildman–Crippen MR) is 163 cm³/mol. The molecule has 19 heteroatoms. The number of fused-ring (bicyclic) bond motifs is 1. The summed E-state index contributed by atoms with van der Waals surface area (Å²) in [5.74, 6) is -2.94. The third-order valence-corrected chi connectivity index (χ3v) is 8.12. The van der Waals surface area contributed by atoms with E-state index >= 15 is 0 Å². The van der Waals surface area contributed by atoms with Gasteiger partial charge in [-0.25, -0.2) is 9.36 Å². The molecule has 0 spiro atoms. The van der Waals surface area contributed by atoms with Crippen LogP contribution in [0.5, 0.6) is 0 Å². The van der Waals surface area contributed by atoms with E-state index in [1.165, 1.54) is 16.8 Å². The van der Waals surface area contributed by atoms with Crippen molar-refractivity contribution in [3.05, 3.63) is 97.8 Å². The number of nitro groups is 2. The van der Waals surface area contributed by atoms with Crippen molar-refractivity contribution in [3.63, 3.8) is 0 Å². The van der Waals surface area contributed by atoms with Crippen LogP contribution in [-0.2, 0) is 16.7 Å². The Morgan fingerprint density at radius 1 is 0.979 bits per heavy atom. The zero-order chi connectivity index (χ0) is 34.4. The number of hydrogen-bond acceptors (Lipinski definition) is 13. The third kappa shape index (κ3) is 7.30. The number of aryl methyl sites for hydroxylation is 1. The number of nitro benzene ring substituents is 2. The quantitative estimate of drug-likeness (QED) is 0.0667. The number of carbonyl (C=O) groups excluding carboxylic acids is 4. The van der Waals surface area contributed by atoms with Crippen molar-refractivity contribution in [1.82, 2.24) is 30.6 Å². The van der Waals surface area contributed by atoms with Crippen LogP contribution in [0.15, 0.2) is 71.0 Å². The number of hydroxylamine groups is 2. The van der Waals surface area contributed by atoms with E-state index in [1.54, 1.807) is 48.3 Å². The molecule has 0 unspecified atom stereocenters. The number of benzene rings is 2. The highest BCUT2D eigenvalue weighted by Gasteiger charge is 2.38. The number of hydrogen-bond donors (Lipinski definition) is 1. The molecule has 0 saturated carbocycles. The van der Waals surface area contributed by atoms with Crippen LogP contribution < -0.4 is 9.88 Å². The van der Waals surface area contributed by atoms with Gasteiger partial charge in [-0.2, -0.15) is 4.68 Å². The highest BCUT2D eigenvalue weighted by atomic mass is 32.2. The SMILES string of the molecule is C[n+]1cccc(-n2nnnc2Sc2c(C(=O)NCCCCCCC(=O)ON3C(=O)c4ccccc4C3=O)cc([N+](=O)[O-])cc2[N+](=O)[O-])c1. The van der Waals surface area contributed by atoms with Gasteiger partial charge in [-0.1, -0.05) is 30.0 Å². The number of nitrogens with one attached hydrogen (secondary N) is 1. The van der Waals surface area contributed by atoms with E-state index in [0.717, 1.165) is 12.1 Å². The Hall–Kier alpha value is -6.11. The normalized spacial score (nSPS) is 12.1. The molecule has 0 fully saturated rings. The molecule has 246 valence electrons. The Balaban J connectivity index is 1.18. The monoisotopic (exact) mass is 676 g/mol. The second-order valence-corrected chi connectivity index (χ2v) is 11.4. The molecule has 1 aliphatic heterocycles. The summed E-state index contributed by atoms with van der Waals surface area (Å²) in [5.41, 5.74) is -0.765. The summed E-state index contributed by atoms with van der Waals surface area (Å²) < 4.78 is 3.05. The summed E-state index contributed by atoms with van der Waals surface area (Å²) in [7, 11) is 1.78. The van der Waals surface area contributed by atoms with Crippen molar-refractivity contribution in [3.8, 4) is 5.69 Å². The average Bonchev–Trinajstić information content (AvgIpc) is 3.62. The molecule has 3 heterocycles. The van der Waals surface area contributed by atoms with Crippen LogP contribution in [0.1, 0.15) is 63.2 Å². The first-order valence-corrected chi connectivity index (χ1v) is 15.2. The van der Waals surface area contributed by atoms with Gasteiger partial charge in [-0.3, -0.25) is 34.6 Å². The topological polar surface area (TPSA) is 227 Å². The fourth-order valence-corrected chi connectivity index (χ4v) is 5.74. The third-order valence-electron chi connectivity index (χ3n) is 7.05. The molecule has 18 nitrogen and oxygen atoms in total. The van der Waals surface area contributed by atoms with Crippen LogP contribution in [0.4, 0.5) is 11.4 Å². The van der Waals surface area contributed by atoms with E-state index in [2.05, 4.69) is 20.8 Å². The molecule has 0 atom stereocenters. The van der Waals surface area contributed by atoms with Crippen molar-refractivity contribution in [2.75, 3.05) is 6.54 Å². The van der Waals surface area contributed by atoms with Gasteiger partial charge in [0.2, 0.25) is 5.16 Å². The molecule has 0 radical (unpaired) electrons. The zero-order valence-corrected chi connectivity index (χ0v) is 26.0. The number of rotatable bonds is 14. The number of unbranched alkanes of at least 4 members (excludes halogenated alkanes) is 3. The number of carbonyl (C=O) groups is 4. The van der Waals surface area contributed by atoms with Gasteiger partial charge in [-0.15, -0.1) is 5.10 Å². The Kier molecular flexibility index (Phi) is 10.1. The van der Waals surface area contributed by atoms with Gasteiger partial charge in [0.15, 0.2) is 12.4 Å². The van der Waals surface area contributed by atoms with E-state index in [-0.39, 0.29) is 39.7 Å². The summed E-state index contributed by atoms with van der Waals surface area (Å²) in [6.07, 6.45) is 5.34. The van der Waals surface area contributed by atoms with Crippen molar-refractivity contribution in [1.29, 1.82) is 0 Å². The largest absolute Gasteiger partial charge is 0.352 e. The van der Waals surface area contributed by atoms with E-state index in [1.807, 2.05) is 0 Å². The maximum atomic E-state index is 13.3. The molecule has 2 aromatic carbocycles. The molecule has 3 amide bonds. The first-order chi connectivity index (χ1) is 23.0. The average molecular weight is 677 g/mol. The molecular formula is C29H26N9O9S+. The lowest BCUT2D eigenvalue weighted by molar-refractivity contribution is -0.671. The van der Waals surface area contributed by atoms with Crippen LogP contribution in [0.2, 0.25) is 0 Å². The first-order valence-electron chi connectivity index (χ1n) is 14.4. The van der Waals surface area contributed by atoms with Crippen LogP contribution >= 0.6 is 11.8 Å². The summed E-state index contributed by atoms with van der Waals surface area (Å²) >= 11 is 0.716. The van der Waals surface area contributed by atoms with Gasteiger partial charge in [-0.05, 0) is 53.2 Å². The van der Waals surface area contributed by atoms with E-state index in [4.69, 9.17) is 4.84 Å². The smallest absolute Gasteiger partial charge is 0.333 e. The highest BCUT2D eigenvalue weighted by Crippen LogP contribution is 2.39. The van der Waals surface area contributed by atoms with Gasteiger partial charge in [0, 0.05) is 25.1 Å². The Bertz CT molecular complexity index is 1910. The van der Waals surface area contributed by atoms with Crippen molar-refractivity contribution in [2.45, 2.75) is 42.2 Å². The molecular weight excluding hydrogens is 650 g/mol. The van der Waals surface area contributed by atoms with Gasteiger partial charge in [0.1, 0.15) is 17.6 Å². The Morgan fingerprint density at radius 3 is 2.35 bits per heavy atom. The predicted octanol–water partition coefficient (Wildman–Crippen LogP) is 2.89. The van der Waals surface area contributed by atoms with Gasteiger partial charge >= 0.3 is 5.97 Å². The first kappa shape index (κ1) is 33.3. The van der Waals surface area contributed by atoms with Gasteiger partial charge in [0.25, 0.3) is 29.1 Å². The molecule has 48 heavy (non-hydrogen) atoms. The molecule has 1 aliphatic rings. The molecule has 1 N–H and O–H groups in total. The molecule has 5 rings (SSSR count). The van der Waals surface area contributed by atoms with Crippen molar-refractivity contribution >= 4 is 46.8 Å². The second kappa shape index (κ2) is 14.5. The fraction of sp³-hybridized carbons (Fsp3) is 0.241. The molecule has 2 aromatic heterocycles. The van der Waals surface area contributed by atoms with E-state index in [9.17, 15) is 39.4 Å². The molecule has 0 saturated heterocycles. The summed E-state index contributed by atoms with van der Waals surface area (Å²) in [5, 5.41) is 38.3. The summed E-state index contributed by atoms with van der Waals surface area (Å²) in [4.78, 5) is 77.0. The number of imide groups is 1. The highest BCUT2D eigenvalue weighted by molar-refractivity contribution is 7.99. The van der Waals surface area contributed by atoms with Crippen LogP contribution in [0.25, 0.3) is 5.69 Å². The lowest BCUT2D eigenvalue weighted by atomic mass is 10.1. The number of nitrogens with zero attached hydrogens (tertiary/aromatic N) is 8. The number of amides is 3. The molecule has 4 aromatic rings. The Morgan fingerprint density at radius 2 is 1.69 bits per heavy atom. The number of aromatic nitrogens is 5. The minimum atomic E-state index is -0.828.